The molecule has 0 bridgehead atoms. The zero-order chi connectivity index (χ0) is 17.4. The number of amides is 1. The van der Waals surface area contributed by atoms with Crippen LogP contribution in [0.1, 0.15) is 23.8 Å². The van der Waals surface area contributed by atoms with Crippen molar-refractivity contribution in [2.45, 2.75) is 25.1 Å². The number of nitrogens with zero attached hydrogens (tertiary/aromatic N) is 2. The lowest BCUT2D eigenvalue weighted by atomic mass is 9.95. The lowest BCUT2D eigenvalue weighted by Gasteiger charge is -2.23. The van der Waals surface area contributed by atoms with Crippen molar-refractivity contribution in [3.63, 3.8) is 0 Å². The van der Waals surface area contributed by atoms with E-state index in [0.29, 0.717) is 25.0 Å². The third-order valence-electron chi connectivity index (χ3n) is 4.99. The number of rotatable bonds is 4. The topological polar surface area (TPSA) is 72.7 Å². The Kier molecular flexibility index (Phi) is 3.97. The van der Waals surface area contributed by atoms with E-state index in [1.54, 1.807) is 18.2 Å². The molecule has 0 spiro atoms. The fourth-order valence-corrected chi connectivity index (χ4v) is 3.84. The third-order valence-corrected chi connectivity index (χ3v) is 4.99. The van der Waals surface area contributed by atoms with Crippen LogP contribution in [0.4, 0.5) is 5.69 Å². The van der Waals surface area contributed by atoms with Crippen molar-refractivity contribution >= 4 is 11.6 Å². The van der Waals surface area contributed by atoms with Gasteiger partial charge in [-0.2, -0.15) is 0 Å². The van der Waals surface area contributed by atoms with Crippen molar-refractivity contribution < 1.29 is 14.5 Å². The molecule has 0 aromatic heterocycles. The van der Waals surface area contributed by atoms with Crippen LogP contribution >= 0.6 is 0 Å². The molecule has 6 heteroatoms. The average Bonchev–Trinajstić information content (AvgIpc) is 3.17. The molecule has 1 amide bonds. The molecule has 0 radical (unpaired) electrons. The highest BCUT2D eigenvalue weighted by molar-refractivity contribution is 5.82. The first-order valence-electron chi connectivity index (χ1n) is 8.36. The Labute approximate surface area is 145 Å². The Hall–Kier alpha value is -2.73. The van der Waals surface area contributed by atoms with Gasteiger partial charge in [-0.15, -0.1) is 0 Å². The molecule has 2 saturated heterocycles. The summed E-state index contributed by atoms with van der Waals surface area (Å²) in [5.41, 5.74) is 1.66. The molecule has 2 heterocycles. The van der Waals surface area contributed by atoms with Crippen molar-refractivity contribution in [2.24, 2.45) is 5.92 Å². The second kappa shape index (κ2) is 6.29. The standard InChI is InChI=1S/C19H18N2O4/c22-18-15(10-14-8-4-5-9-17(14)21(23)24)11-16-12-25-19(20(16)18)13-6-2-1-3-7-13/h1-9,15-16,19H,10-12H2/t15?,16-,19+/m1/s1. The lowest BCUT2D eigenvalue weighted by molar-refractivity contribution is -0.385. The maximum atomic E-state index is 12.9. The van der Waals surface area contributed by atoms with Gasteiger partial charge in [-0.3, -0.25) is 14.9 Å². The number of nitro groups is 1. The SMILES string of the molecule is O=C1C(Cc2ccccc2[N+](=O)[O-])C[C@@H]2CO[C@@H](c3ccccc3)N12. The van der Waals surface area contributed by atoms with Gasteiger partial charge in [-0.05, 0) is 12.8 Å². The number of ether oxygens (including phenoxy) is 1. The molecule has 2 fully saturated rings. The summed E-state index contributed by atoms with van der Waals surface area (Å²) in [6, 6.07) is 16.4. The van der Waals surface area contributed by atoms with E-state index in [4.69, 9.17) is 4.74 Å². The maximum Gasteiger partial charge on any atom is 0.272 e. The zero-order valence-corrected chi connectivity index (χ0v) is 13.6. The van der Waals surface area contributed by atoms with Gasteiger partial charge in [0.15, 0.2) is 6.23 Å². The van der Waals surface area contributed by atoms with Gasteiger partial charge >= 0.3 is 0 Å². The second-order valence-electron chi connectivity index (χ2n) is 6.52. The van der Waals surface area contributed by atoms with Gasteiger partial charge in [0.25, 0.3) is 5.69 Å². The van der Waals surface area contributed by atoms with E-state index < -0.39 is 0 Å². The number of nitro benzene ring substituents is 1. The lowest BCUT2D eigenvalue weighted by Crippen LogP contribution is -2.32. The summed E-state index contributed by atoms with van der Waals surface area (Å²) in [6.45, 7) is 0.513. The summed E-state index contributed by atoms with van der Waals surface area (Å²) < 4.78 is 5.83. The van der Waals surface area contributed by atoms with E-state index in [1.165, 1.54) is 6.07 Å². The monoisotopic (exact) mass is 338 g/mol. The molecule has 0 aliphatic carbocycles. The van der Waals surface area contributed by atoms with Crippen LogP contribution in [0.25, 0.3) is 0 Å². The van der Waals surface area contributed by atoms with Gasteiger partial charge in [-0.1, -0.05) is 48.5 Å². The molecule has 6 nitrogen and oxygen atoms in total. The summed E-state index contributed by atoms with van der Waals surface area (Å²) in [5, 5.41) is 11.2. The molecule has 0 saturated carbocycles. The van der Waals surface area contributed by atoms with Gasteiger partial charge in [0.1, 0.15) is 0 Å². The fourth-order valence-electron chi connectivity index (χ4n) is 3.84. The molecule has 2 aliphatic rings. The highest BCUT2D eigenvalue weighted by Crippen LogP contribution is 2.41. The van der Waals surface area contributed by atoms with Crippen LogP contribution in [0, 0.1) is 16.0 Å². The highest BCUT2D eigenvalue weighted by atomic mass is 16.6. The predicted molar refractivity (Wildman–Crippen MR) is 90.7 cm³/mol. The number of benzene rings is 2. The first-order chi connectivity index (χ1) is 12.1. The molecule has 2 aliphatic heterocycles. The molecule has 128 valence electrons. The summed E-state index contributed by atoms with van der Waals surface area (Å²) in [4.78, 5) is 25.6. The van der Waals surface area contributed by atoms with E-state index in [0.717, 1.165) is 5.56 Å². The van der Waals surface area contributed by atoms with E-state index in [1.807, 2.05) is 35.2 Å². The molecule has 3 atom stereocenters. The minimum Gasteiger partial charge on any atom is -0.352 e. The van der Waals surface area contributed by atoms with Crippen molar-refractivity contribution in [3.8, 4) is 0 Å². The molecule has 0 N–H and O–H groups in total. The average molecular weight is 338 g/mol. The molecule has 1 unspecified atom stereocenters. The summed E-state index contributed by atoms with van der Waals surface area (Å²) in [5.74, 6) is -0.212. The molecule has 4 rings (SSSR count). The Balaban J connectivity index is 1.56. The van der Waals surface area contributed by atoms with Crippen LogP contribution in [0.2, 0.25) is 0 Å². The number of hydrogen-bond donors (Lipinski definition) is 0. The summed E-state index contributed by atoms with van der Waals surface area (Å²) in [6.07, 6.45) is 0.716. The smallest absolute Gasteiger partial charge is 0.272 e. The maximum absolute atomic E-state index is 12.9. The van der Waals surface area contributed by atoms with E-state index in [-0.39, 0.29) is 34.7 Å². The molecule has 25 heavy (non-hydrogen) atoms. The zero-order valence-electron chi connectivity index (χ0n) is 13.6. The summed E-state index contributed by atoms with van der Waals surface area (Å²) >= 11 is 0. The van der Waals surface area contributed by atoms with Gasteiger partial charge in [-0.25, -0.2) is 0 Å². The van der Waals surface area contributed by atoms with E-state index in [9.17, 15) is 14.9 Å². The number of fused-ring (bicyclic) bond motifs is 1. The molecule has 2 aromatic rings. The number of hydrogen-bond acceptors (Lipinski definition) is 4. The minimum atomic E-state index is -0.383. The van der Waals surface area contributed by atoms with Crippen LogP contribution in [0.5, 0.6) is 0 Å². The van der Waals surface area contributed by atoms with E-state index >= 15 is 0 Å². The van der Waals surface area contributed by atoms with Gasteiger partial charge in [0, 0.05) is 23.1 Å². The van der Waals surface area contributed by atoms with Crippen molar-refractivity contribution in [3.05, 3.63) is 75.8 Å². The van der Waals surface area contributed by atoms with Crippen molar-refractivity contribution in [1.29, 1.82) is 0 Å². The minimum absolute atomic E-state index is 0.0227. The number of carbonyl (C=O) groups excluding carboxylic acids is 1. The third kappa shape index (κ3) is 2.78. The van der Waals surface area contributed by atoms with E-state index in [2.05, 4.69) is 0 Å². The number of para-hydroxylation sites is 1. The van der Waals surface area contributed by atoms with Crippen molar-refractivity contribution in [2.75, 3.05) is 6.61 Å². The predicted octanol–water partition coefficient (Wildman–Crippen LogP) is 3.08. The van der Waals surface area contributed by atoms with Crippen molar-refractivity contribution in [1.82, 2.24) is 4.90 Å². The Morgan fingerprint density at radius 2 is 1.84 bits per heavy atom. The van der Waals surface area contributed by atoms with Crippen LogP contribution in [-0.4, -0.2) is 28.4 Å². The normalized spacial score (nSPS) is 25.2. The Morgan fingerprint density at radius 3 is 2.60 bits per heavy atom. The molecular weight excluding hydrogens is 320 g/mol. The quantitative estimate of drug-likeness (QED) is 0.634. The van der Waals surface area contributed by atoms with Gasteiger partial charge in [0.2, 0.25) is 5.91 Å². The second-order valence-corrected chi connectivity index (χ2v) is 6.52. The molecule has 2 aromatic carbocycles. The van der Waals surface area contributed by atoms with Crippen LogP contribution in [0.15, 0.2) is 54.6 Å². The highest BCUT2D eigenvalue weighted by Gasteiger charge is 2.48. The van der Waals surface area contributed by atoms with Gasteiger partial charge in [0.05, 0.1) is 17.6 Å². The Morgan fingerprint density at radius 1 is 1.12 bits per heavy atom. The van der Waals surface area contributed by atoms with Crippen LogP contribution in [-0.2, 0) is 16.0 Å². The fraction of sp³-hybridized carbons (Fsp3) is 0.316. The first kappa shape index (κ1) is 15.8. The number of carbonyl (C=O) groups is 1. The molecular formula is C19H18N2O4. The van der Waals surface area contributed by atoms with Crippen LogP contribution in [0.3, 0.4) is 0 Å². The van der Waals surface area contributed by atoms with Crippen LogP contribution < -0.4 is 0 Å². The van der Waals surface area contributed by atoms with Gasteiger partial charge < -0.3 is 9.64 Å². The largest absolute Gasteiger partial charge is 0.352 e. The summed E-state index contributed by atoms with van der Waals surface area (Å²) in [7, 11) is 0. The Bertz CT molecular complexity index is 808. The first-order valence-corrected chi connectivity index (χ1v) is 8.36.